The second-order valence-corrected chi connectivity index (χ2v) is 14.4. The van der Waals surface area contributed by atoms with Gasteiger partial charge in [-0.05, 0) is 88.5 Å². The quantitative estimate of drug-likeness (QED) is 0.182. The highest BCUT2D eigenvalue weighted by Crippen LogP contribution is 2.48. The molecule has 2 heterocycles. The molecule has 4 heteroatoms. The number of ether oxygens (including phenoxy) is 2. The zero-order chi connectivity index (χ0) is 32.4. The van der Waals surface area contributed by atoms with Gasteiger partial charge >= 0.3 is 0 Å². The molecule has 1 aliphatic carbocycles. The normalized spacial score (nSPS) is 14.1. The van der Waals surface area contributed by atoms with Crippen LogP contribution in [-0.4, -0.2) is 6.71 Å². The molecule has 0 amide bonds. The van der Waals surface area contributed by atoms with Crippen LogP contribution in [0.15, 0.2) is 127 Å². The summed E-state index contributed by atoms with van der Waals surface area (Å²) >= 11 is 0. The fraction of sp³-hybridized carbons (Fsp3) is 0.182. The predicted octanol–water partition coefficient (Wildman–Crippen LogP) is 9.73. The summed E-state index contributed by atoms with van der Waals surface area (Å²) in [5, 5.41) is 0. The topological polar surface area (TPSA) is 21.7 Å². The lowest BCUT2D eigenvalue weighted by Crippen LogP contribution is -2.57. The lowest BCUT2D eigenvalue weighted by Gasteiger charge is -2.36. The Bertz CT molecular complexity index is 2110. The van der Waals surface area contributed by atoms with E-state index in [-0.39, 0.29) is 12.1 Å². The van der Waals surface area contributed by atoms with Crippen molar-refractivity contribution < 1.29 is 9.47 Å². The summed E-state index contributed by atoms with van der Waals surface area (Å²) in [5.74, 6) is 3.50. The number of para-hydroxylation sites is 2. The van der Waals surface area contributed by atoms with E-state index in [1.807, 2.05) is 0 Å². The third-order valence-electron chi connectivity index (χ3n) is 10.3. The lowest BCUT2D eigenvalue weighted by atomic mass is 9.35. The maximum atomic E-state index is 6.79. The Morgan fingerprint density at radius 2 is 1.19 bits per heavy atom. The standard InChI is InChI=1S/C44H38BNO2/c1-44(2,3)31-22-24-32(25-23-31)46(43-34-16-8-7-15-30(34)21-26-35(43)29-13-5-4-6-14-29)33-27-40-42-41(28-33)48-39-20-12-10-18-37(39)45(42)36-17-9-11-19-38(36)47-40/h4-6,9-14,17-28H,7-8,15-16H2,1-3H3. The van der Waals surface area contributed by atoms with E-state index in [1.54, 1.807) is 0 Å². The minimum Gasteiger partial charge on any atom is -0.458 e. The van der Waals surface area contributed by atoms with Crippen molar-refractivity contribution in [2.75, 3.05) is 4.90 Å². The van der Waals surface area contributed by atoms with E-state index in [0.29, 0.717) is 0 Å². The number of benzene rings is 6. The maximum Gasteiger partial charge on any atom is 0.260 e. The molecule has 0 radical (unpaired) electrons. The van der Waals surface area contributed by atoms with Gasteiger partial charge in [0.25, 0.3) is 6.71 Å². The monoisotopic (exact) mass is 623 g/mol. The van der Waals surface area contributed by atoms with Crippen molar-refractivity contribution in [2.45, 2.75) is 51.9 Å². The van der Waals surface area contributed by atoms with Crippen molar-refractivity contribution in [3.8, 4) is 34.1 Å². The Labute approximate surface area is 283 Å². The van der Waals surface area contributed by atoms with Crippen LogP contribution in [0.4, 0.5) is 17.1 Å². The first-order valence-electron chi connectivity index (χ1n) is 17.3. The molecule has 0 spiro atoms. The molecule has 0 N–H and O–H groups in total. The summed E-state index contributed by atoms with van der Waals surface area (Å²) in [5.41, 5.74) is 13.5. The number of anilines is 3. The summed E-state index contributed by atoms with van der Waals surface area (Å²) < 4.78 is 13.6. The molecule has 48 heavy (non-hydrogen) atoms. The number of nitrogens with zero attached hydrogens (tertiary/aromatic N) is 1. The molecular weight excluding hydrogens is 585 g/mol. The first-order chi connectivity index (χ1) is 23.4. The van der Waals surface area contributed by atoms with Crippen molar-refractivity contribution in [1.82, 2.24) is 0 Å². The first kappa shape index (κ1) is 29.0. The van der Waals surface area contributed by atoms with Gasteiger partial charge in [0.1, 0.15) is 23.0 Å². The molecule has 234 valence electrons. The third-order valence-corrected chi connectivity index (χ3v) is 10.3. The minimum absolute atomic E-state index is 0.0443. The van der Waals surface area contributed by atoms with Gasteiger partial charge in [-0.3, -0.25) is 0 Å². The summed E-state index contributed by atoms with van der Waals surface area (Å²) in [6, 6.07) is 46.1. The molecule has 0 fully saturated rings. The largest absolute Gasteiger partial charge is 0.458 e. The van der Waals surface area contributed by atoms with Crippen LogP contribution in [0.3, 0.4) is 0 Å². The summed E-state index contributed by atoms with van der Waals surface area (Å²) in [4.78, 5) is 2.47. The number of fused-ring (bicyclic) bond motifs is 5. The fourth-order valence-electron chi connectivity index (χ4n) is 7.94. The third kappa shape index (κ3) is 4.73. The SMILES string of the molecule is CC(C)(C)c1ccc(N(c2cc3c4c(c2)Oc2ccccc2B4c2ccccc2O3)c2c(-c3ccccc3)ccc3c2CCCC3)cc1. The highest BCUT2D eigenvalue weighted by molar-refractivity contribution is 6.98. The van der Waals surface area contributed by atoms with Gasteiger partial charge in [0.15, 0.2) is 0 Å². The van der Waals surface area contributed by atoms with Crippen LogP contribution in [0.25, 0.3) is 11.1 Å². The van der Waals surface area contributed by atoms with Gasteiger partial charge in [0.05, 0.1) is 11.4 Å². The van der Waals surface area contributed by atoms with Gasteiger partial charge in [-0.25, -0.2) is 0 Å². The first-order valence-corrected chi connectivity index (χ1v) is 17.3. The highest BCUT2D eigenvalue weighted by Gasteiger charge is 2.41. The average Bonchev–Trinajstić information content (AvgIpc) is 3.12. The lowest BCUT2D eigenvalue weighted by molar-refractivity contribution is 0.465. The smallest absolute Gasteiger partial charge is 0.260 e. The average molecular weight is 624 g/mol. The van der Waals surface area contributed by atoms with Crippen LogP contribution < -0.4 is 30.8 Å². The van der Waals surface area contributed by atoms with Crippen LogP contribution in [0.2, 0.25) is 0 Å². The molecule has 0 bridgehead atoms. The van der Waals surface area contributed by atoms with Crippen molar-refractivity contribution in [3.63, 3.8) is 0 Å². The van der Waals surface area contributed by atoms with Gasteiger partial charge < -0.3 is 14.4 Å². The van der Waals surface area contributed by atoms with Gasteiger partial charge in [0.2, 0.25) is 0 Å². The number of hydrogen-bond donors (Lipinski definition) is 0. The molecule has 0 unspecified atom stereocenters. The zero-order valence-electron chi connectivity index (χ0n) is 27.8. The molecule has 6 aromatic carbocycles. The molecule has 0 saturated heterocycles. The zero-order valence-corrected chi connectivity index (χ0v) is 27.8. The molecule has 3 nitrogen and oxygen atoms in total. The molecule has 2 aliphatic heterocycles. The van der Waals surface area contributed by atoms with Crippen LogP contribution in [0, 0.1) is 0 Å². The van der Waals surface area contributed by atoms with E-state index in [2.05, 4.69) is 153 Å². The fourth-order valence-corrected chi connectivity index (χ4v) is 7.94. The number of rotatable bonds is 4. The van der Waals surface area contributed by atoms with Gasteiger partial charge in [0, 0.05) is 28.8 Å². The van der Waals surface area contributed by atoms with E-state index >= 15 is 0 Å². The second-order valence-electron chi connectivity index (χ2n) is 14.4. The van der Waals surface area contributed by atoms with E-state index in [0.717, 1.165) is 52.7 Å². The molecule has 0 atom stereocenters. The van der Waals surface area contributed by atoms with Gasteiger partial charge in [-0.1, -0.05) is 112 Å². The van der Waals surface area contributed by atoms with Crippen LogP contribution in [-0.2, 0) is 18.3 Å². The molecule has 3 aliphatic rings. The van der Waals surface area contributed by atoms with Crippen LogP contribution in [0.1, 0.15) is 50.3 Å². The maximum absolute atomic E-state index is 6.79. The van der Waals surface area contributed by atoms with Gasteiger partial charge in [-0.15, -0.1) is 0 Å². The van der Waals surface area contributed by atoms with Crippen LogP contribution in [0.5, 0.6) is 23.0 Å². The summed E-state index contributed by atoms with van der Waals surface area (Å²) in [7, 11) is 0. The molecule has 0 saturated carbocycles. The second kappa shape index (κ2) is 11.2. The molecule has 6 aromatic rings. The van der Waals surface area contributed by atoms with Crippen LogP contribution >= 0.6 is 0 Å². The Balaban J connectivity index is 1.32. The van der Waals surface area contributed by atoms with Crippen molar-refractivity contribution in [1.29, 1.82) is 0 Å². The summed E-state index contributed by atoms with van der Waals surface area (Å²) in [6.07, 6.45) is 4.56. The van der Waals surface area contributed by atoms with E-state index < -0.39 is 0 Å². The molecule has 9 rings (SSSR count). The predicted molar refractivity (Wildman–Crippen MR) is 200 cm³/mol. The Morgan fingerprint density at radius 3 is 1.83 bits per heavy atom. The van der Waals surface area contributed by atoms with E-state index in [9.17, 15) is 0 Å². The van der Waals surface area contributed by atoms with Gasteiger partial charge in [-0.2, -0.15) is 0 Å². The Hall–Kier alpha value is -5.22. The van der Waals surface area contributed by atoms with Crippen molar-refractivity contribution in [3.05, 3.63) is 144 Å². The number of hydrogen-bond acceptors (Lipinski definition) is 3. The Kier molecular flexibility index (Phi) is 6.76. The van der Waals surface area contributed by atoms with E-state index in [1.165, 1.54) is 57.3 Å². The molecular formula is C44H38BNO2. The summed E-state index contributed by atoms with van der Waals surface area (Å²) in [6.45, 7) is 6.87. The van der Waals surface area contributed by atoms with E-state index in [4.69, 9.17) is 9.47 Å². The number of aryl methyl sites for hydroxylation is 1. The Morgan fingerprint density at radius 1 is 0.583 bits per heavy atom. The van der Waals surface area contributed by atoms with Crippen molar-refractivity contribution >= 4 is 40.2 Å². The highest BCUT2D eigenvalue weighted by atomic mass is 16.5. The molecule has 0 aromatic heterocycles. The minimum atomic E-state index is 0.0443. The van der Waals surface area contributed by atoms with Crippen molar-refractivity contribution in [2.24, 2.45) is 0 Å².